The molecule has 0 aliphatic heterocycles. The molecule has 2 aromatic rings. The minimum atomic E-state index is -0.423. The van der Waals surface area contributed by atoms with Crippen molar-refractivity contribution in [1.29, 1.82) is 0 Å². The molecule has 0 bridgehead atoms. The van der Waals surface area contributed by atoms with E-state index in [2.05, 4.69) is 9.72 Å². The summed E-state index contributed by atoms with van der Waals surface area (Å²) in [6.45, 7) is 0. The fourth-order valence-electron chi connectivity index (χ4n) is 1.57. The van der Waals surface area contributed by atoms with Crippen LogP contribution in [0.3, 0.4) is 0 Å². The first-order chi connectivity index (χ1) is 8.17. The van der Waals surface area contributed by atoms with Gasteiger partial charge in [0.05, 0.1) is 24.8 Å². The number of pyridine rings is 1. The number of carbonyl (C=O) groups excluding carboxylic acids is 1. The minimum absolute atomic E-state index is 0.393. The SMILES string of the molecule is COC(=O)c1cnc2c(OC)c(Cl)ccc2c1. The lowest BCUT2D eigenvalue weighted by Gasteiger charge is -2.07. The molecule has 88 valence electrons. The average Bonchev–Trinajstić information content (AvgIpc) is 2.37. The van der Waals surface area contributed by atoms with Crippen LogP contribution < -0.4 is 4.74 Å². The van der Waals surface area contributed by atoms with Gasteiger partial charge in [-0.05, 0) is 12.1 Å². The molecule has 0 amide bonds. The molecule has 0 atom stereocenters. The van der Waals surface area contributed by atoms with Crippen LogP contribution >= 0.6 is 11.6 Å². The van der Waals surface area contributed by atoms with E-state index in [0.29, 0.717) is 21.9 Å². The molecule has 0 radical (unpaired) electrons. The summed E-state index contributed by atoms with van der Waals surface area (Å²) >= 11 is 5.98. The molecule has 5 heteroatoms. The zero-order chi connectivity index (χ0) is 12.4. The van der Waals surface area contributed by atoms with Gasteiger partial charge in [0.15, 0.2) is 5.75 Å². The van der Waals surface area contributed by atoms with Crippen molar-refractivity contribution in [1.82, 2.24) is 4.98 Å². The highest BCUT2D eigenvalue weighted by atomic mass is 35.5. The standard InChI is InChI=1S/C12H10ClNO3/c1-16-11-9(13)4-3-7-5-8(12(15)17-2)6-14-10(7)11/h3-6H,1-2H3. The Bertz CT molecular complexity index is 583. The van der Waals surface area contributed by atoms with E-state index in [9.17, 15) is 4.79 Å². The topological polar surface area (TPSA) is 48.4 Å². The molecule has 0 spiro atoms. The van der Waals surface area contributed by atoms with E-state index in [1.165, 1.54) is 20.4 Å². The van der Waals surface area contributed by atoms with E-state index in [1.54, 1.807) is 18.2 Å². The third-order valence-corrected chi connectivity index (χ3v) is 2.68. The third kappa shape index (κ3) is 2.03. The maximum absolute atomic E-state index is 11.4. The van der Waals surface area contributed by atoms with Crippen molar-refractivity contribution in [3.8, 4) is 5.75 Å². The highest BCUT2D eigenvalue weighted by Gasteiger charge is 2.11. The average molecular weight is 252 g/mol. The van der Waals surface area contributed by atoms with E-state index in [0.717, 1.165) is 5.39 Å². The van der Waals surface area contributed by atoms with Crippen LogP contribution in [0.25, 0.3) is 10.9 Å². The second-order valence-corrected chi connectivity index (χ2v) is 3.78. The third-order valence-electron chi connectivity index (χ3n) is 2.38. The van der Waals surface area contributed by atoms with Crippen molar-refractivity contribution in [2.45, 2.75) is 0 Å². The Morgan fingerprint density at radius 3 is 2.76 bits per heavy atom. The Morgan fingerprint density at radius 1 is 1.35 bits per heavy atom. The molecule has 1 aromatic heterocycles. The molecule has 0 unspecified atom stereocenters. The Kier molecular flexibility index (Phi) is 3.15. The Balaban J connectivity index is 2.65. The molecule has 2 rings (SSSR count). The number of carbonyl (C=O) groups is 1. The van der Waals surface area contributed by atoms with Crippen molar-refractivity contribution in [2.75, 3.05) is 14.2 Å². The zero-order valence-electron chi connectivity index (χ0n) is 9.36. The van der Waals surface area contributed by atoms with E-state index in [-0.39, 0.29) is 0 Å². The number of methoxy groups -OCH3 is 2. The predicted molar refractivity (Wildman–Crippen MR) is 64.6 cm³/mol. The van der Waals surface area contributed by atoms with E-state index in [4.69, 9.17) is 16.3 Å². The van der Waals surface area contributed by atoms with Crippen LogP contribution in [-0.4, -0.2) is 25.2 Å². The van der Waals surface area contributed by atoms with Gasteiger partial charge < -0.3 is 9.47 Å². The van der Waals surface area contributed by atoms with Crippen LogP contribution in [0.15, 0.2) is 24.4 Å². The van der Waals surface area contributed by atoms with Gasteiger partial charge in [-0.3, -0.25) is 4.98 Å². The van der Waals surface area contributed by atoms with Gasteiger partial charge in [0, 0.05) is 11.6 Å². The summed E-state index contributed by atoms with van der Waals surface area (Å²) in [5.74, 6) is 0.0777. The van der Waals surface area contributed by atoms with Crippen LogP contribution in [0.1, 0.15) is 10.4 Å². The number of benzene rings is 1. The molecule has 0 N–H and O–H groups in total. The summed E-state index contributed by atoms with van der Waals surface area (Å²) < 4.78 is 9.80. The lowest BCUT2D eigenvalue weighted by molar-refractivity contribution is 0.0600. The van der Waals surface area contributed by atoms with E-state index >= 15 is 0 Å². The molecule has 1 aromatic carbocycles. The Hall–Kier alpha value is -1.81. The van der Waals surface area contributed by atoms with Gasteiger partial charge in [0.25, 0.3) is 0 Å². The van der Waals surface area contributed by atoms with Crippen LogP contribution in [0, 0.1) is 0 Å². The maximum atomic E-state index is 11.4. The number of halogens is 1. The van der Waals surface area contributed by atoms with Crippen molar-refractivity contribution < 1.29 is 14.3 Å². The highest BCUT2D eigenvalue weighted by molar-refractivity contribution is 6.33. The van der Waals surface area contributed by atoms with Crippen molar-refractivity contribution in [2.24, 2.45) is 0 Å². The van der Waals surface area contributed by atoms with E-state index < -0.39 is 5.97 Å². The predicted octanol–water partition coefficient (Wildman–Crippen LogP) is 2.68. The molecule has 0 saturated heterocycles. The first-order valence-electron chi connectivity index (χ1n) is 4.88. The maximum Gasteiger partial charge on any atom is 0.339 e. The summed E-state index contributed by atoms with van der Waals surface area (Å²) in [4.78, 5) is 15.5. The molecule has 0 fully saturated rings. The fraction of sp³-hybridized carbons (Fsp3) is 0.167. The number of hydrogen-bond donors (Lipinski definition) is 0. The van der Waals surface area contributed by atoms with E-state index in [1.807, 2.05) is 0 Å². The number of hydrogen-bond acceptors (Lipinski definition) is 4. The molecule has 0 aliphatic carbocycles. The number of aromatic nitrogens is 1. The summed E-state index contributed by atoms with van der Waals surface area (Å²) in [7, 11) is 2.85. The Morgan fingerprint density at radius 2 is 2.12 bits per heavy atom. The van der Waals surface area contributed by atoms with Gasteiger partial charge >= 0.3 is 5.97 Å². The van der Waals surface area contributed by atoms with Gasteiger partial charge in [0.1, 0.15) is 5.52 Å². The van der Waals surface area contributed by atoms with Gasteiger partial charge in [-0.15, -0.1) is 0 Å². The van der Waals surface area contributed by atoms with Crippen molar-refractivity contribution >= 4 is 28.5 Å². The van der Waals surface area contributed by atoms with Gasteiger partial charge in [-0.1, -0.05) is 17.7 Å². The largest absolute Gasteiger partial charge is 0.493 e. The smallest absolute Gasteiger partial charge is 0.339 e. The Labute approximate surface area is 103 Å². The van der Waals surface area contributed by atoms with Crippen molar-refractivity contribution in [3.05, 3.63) is 35.0 Å². The number of esters is 1. The second-order valence-electron chi connectivity index (χ2n) is 3.37. The molecule has 4 nitrogen and oxygen atoms in total. The zero-order valence-corrected chi connectivity index (χ0v) is 10.1. The molecule has 17 heavy (non-hydrogen) atoms. The lowest BCUT2D eigenvalue weighted by atomic mass is 10.1. The summed E-state index contributed by atoms with van der Waals surface area (Å²) in [5, 5.41) is 1.26. The normalized spacial score (nSPS) is 10.3. The first-order valence-corrected chi connectivity index (χ1v) is 5.25. The fourth-order valence-corrected chi connectivity index (χ4v) is 1.80. The molecule has 1 heterocycles. The van der Waals surface area contributed by atoms with Crippen LogP contribution in [0.5, 0.6) is 5.75 Å². The first kappa shape index (κ1) is 11.7. The highest BCUT2D eigenvalue weighted by Crippen LogP contribution is 2.31. The number of fused-ring (bicyclic) bond motifs is 1. The lowest BCUT2D eigenvalue weighted by Crippen LogP contribution is -2.02. The minimum Gasteiger partial charge on any atom is -0.493 e. The second kappa shape index (κ2) is 4.59. The molecule has 0 saturated carbocycles. The summed E-state index contributed by atoms with van der Waals surface area (Å²) in [5.41, 5.74) is 1.01. The van der Waals surface area contributed by atoms with Gasteiger partial charge in [-0.25, -0.2) is 4.79 Å². The van der Waals surface area contributed by atoms with Gasteiger partial charge in [-0.2, -0.15) is 0 Å². The molecule has 0 aliphatic rings. The molecular weight excluding hydrogens is 242 g/mol. The quantitative estimate of drug-likeness (QED) is 0.770. The summed E-state index contributed by atoms with van der Waals surface area (Å²) in [6.07, 6.45) is 1.44. The summed E-state index contributed by atoms with van der Waals surface area (Å²) in [6, 6.07) is 5.16. The van der Waals surface area contributed by atoms with Gasteiger partial charge in [0.2, 0.25) is 0 Å². The van der Waals surface area contributed by atoms with Crippen LogP contribution in [-0.2, 0) is 4.74 Å². The van der Waals surface area contributed by atoms with Crippen LogP contribution in [0.4, 0.5) is 0 Å². The van der Waals surface area contributed by atoms with Crippen molar-refractivity contribution in [3.63, 3.8) is 0 Å². The monoisotopic (exact) mass is 251 g/mol. The number of rotatable bonds is 2. The van der Waals surface area contributed by atoms with Crippen LogP contribution in [0.2, 0.25) is 5.02 Å². The number of ether oxygens (including phenoxy) is 2. The number of nitrogens with zero attached hydrogens (tertiary/aromatic N) is 1. The molecular formula is C12H10ClNO3.